The Bertz CT molecular complexity index is 739. The molecule has 0 heterocycles. The van der Waals surface area contributed by atoms with E-state index in [4.69, 9.17) is 5.11 Å². The van der Waals surface area contributed by atoms with Crippen molar-refractivity contribution in [3.05, 3.63) is 50.7 Å². The van der Waals surface area contributed by atoms with Crippen LogP contribution in [0.5, 0.6) is 0 Å². The van der Waals surface area contributed by atoms with Gasteiger partial charge in [0.25, 0.3) is 5.69 Å². The van der Waals surface area contributed by atoms with Crippen molar-refractivity contribution in [2.75, 3.05) is 18.4 Å². The molecule has 0 fully saturated rings. The van der Waals surface area contributed by atoms with Crippen LogP contribution in [0.2, 0.25) is 0 Å². The summed E-state index contributed by atoms with van der Waals surface area (Å²) < 4.78 is 0. The Morgan fingerprint density at radius 1 is 1.25 bits per heavy atom. The molecule has 0 saturated heterocycles. The molecule has 13 nitrogen and oxygen atoms in total. The second kappa shape index (κ2) is 10.8. The zero-order valence-corrected chi connectivity index (χ0v) is 14.8. The molecule has 6 N–H and O–H groups in total. The van der Waals surface area contributed by atoms with E-state index in [0.29, 0.717) is 19.4 Å². The van der Waals surface area contributed by atoms with Gasteiger partial charge in [-0.1, -0.05) is 6.58 Å². The van der Waals surface area contributed by atoms with Gasteiger partial charge in [0.2, 0.25) is 12.2 Å². The lowest BCUT2D eigenvalue weighted by Gasteiger charge is -2.16. The van der Waals surface area contributed by atoms with Gasteiger partial charge in [-0.05, 0) is 30.6 Å². The van der Waals surface area contributed by atoms with Crippen molar-refractivity contribution in [3.8, 4) is 0 Å². The molecular weight excluding hydrogens is 378 g/mol. The second-order valence-electron chi connectivity index (χ2n) is 5.86. The van der Waals surface area contributed by atoms with Crippen LogP contribution in [0.25, 0.3) is 0 Å². The average Bonchev–Trinajstić information content (AvgIpc) is 2.59. The normalized spacial score (nSPS) is 11.7. The van der Waals surface area contributed by atoms with Gasteiger partial charge in [0, 0.05) is 17.5 Å². The van der Waals surface area contributed by atoms with Gasteiger partial charge in [0.05, 0.1) is 16.7 Å². The number of nitrogens with one attached hydrogen (secondary N) is 3. The van der Waals surface area contributed by atoms with E-state index in [-0.39, 0.29) is 29.2 Å². The predicted molar refractivity (Wildman–Crippen MR) is 95.2 cm³/mol. The molecule has 1 unspecified atom stereocenters. The highest BCUT2D eigenvalue weighted by Crippen LogP contribution is 2.23. The lowest BCUT2D eigenvalue weighted by molar-refractivity contribution is -1.19. The summed E-state index contributed by atoms with van der Waals surface area (Å²) >= 11 is 0. The molecule has 0 spiro atoms. The Labute approximate surface area is 159 Å². The number of nitrogens with zero attached hydrogens (tertiary/aromatic N) is 2. The lowest BCUT2D eigenvalue weighted by atomic mass is 10.1. The number of carbonyl (C=O) groups is 1. The van der Waals surface area contributed by atoms with E-state index in [1.165, 1.54) is 12.1 Å². The number of unbranched alkanes of at least 4 members (excludes halogenated alkanes) is 1. The maximum Gasteiger partial charge on any atom is 0.326 e. The van der Waals surface area contributed by atoms with Crippen molar-refractivity contribution in [2.45, 2.75) is 25.3 Å². The van der Waals surface area contributed by atoms with Crippen LogP contribution in [0, 0.1) is 20.2 Å². The summed E-state index contributed by atoms with van der Waals surface area (Å²) in [5.41, 5.74) is -0.153. The quantitative estimate of drug-likeness (QED) is 0.152. The minimum absolute atomic E-state index is 0.00000451. The van der Waals surface area contributed by atoms with Crippen molar-refractivity contribution >= 4 is 23.0 Å². The number of benzene rings is 1. The lowest BCUT2D eigenvalue weighted by Crippen LogP contribution is -3.02. The fourth-order valence-corrected chi connectivity index (χ4v) is 2.39. The van der Waals surface area contributed by atoms with Gasteiger partial charge in [-0.25, -0.2) is 4.79 Å². The number of anilines is 1. The zero-order chi connectivity index (χ0) is 21.3. The minimum atomic E-state index is -1.16. The Hall–Kier alpha value is -3.29. The van der Waals surface area contributed by atoms with Gasteiger partial charge >= 0.3 is 5.97 Å². The van der Waals surface area contributed by atoms with Crippen LogP contribution in [0.3, 0.4) is 0 Å². The number of hydrogen-bond donors (Lipinski definition) is 6. The van der Waals surface area contributed by atoms with E-state index in [0.717, 1.165) is 6.07 Å². The number of carboxylic acid groups (broad SMARTS) is 1. The van der Waals surface area contributed by atoms with Crippen LogP contribution in [-0.4, -0.2) is 50.5 Å². The Morgan fingerprint density at radius 3 is 2.46 bits per heavy atom. The summed E-state index contributed by atoms with van der Waals surface area (Å²) in [5, 5.41) is 53.2. The molecule has 1 aromatic rings. The first kappa shape index (κ1) is 22.8. The molecule has 0 saturated carbocycles. The molecule has 154 valence electrons. The van der Waals surface area contributed by atoms with Gasteiger partial charge in [-0.15, -0.1) is 0 Å². The molecule has 0 bridgehead atoms. The van der Waals surface area contributed by atoms with Crippen LogP contribution in [0.15, 0.2) is 30.5 Å². The molecule has 0 aliphatic carbocycles. The fraction of sp³-hybridized carbons (Fsp3) is 0.400. The number of nitro benzene ring substituents is 1. The first-order valence-electron chi connectivity index (χ1n) is 8.18. The van der Waals surface area contributed by atoms with E-state index in [1.807, 2.05) is 0 Å². The van der Waals surface area contributed by atoms with Crippen molar-refractivity contribution in [3.63, 3.8) is 0 Å². The monoisotopic (exact) mass is 400 g/mol. The van der Waals surface area contributed by atoms with Crippen molar-refractivity contribution in [1.29, 1.82) is 0 Å². The van der Waals surface area contributed by atoms with E-state index in [2.05, 4.69) is 17.2 Å². The summed E-state index contributed by atoms with van der Waals surface area (Å²) in [7, 11) is 0. The van der Waals surface area contributed by atoms with Gasteiger partial charge in [-0.2, -0.15) is 10.4 Å². The number of hydrogen-bond acceptors (Lipinski definition) is 9. The minimum Gasteiger partial charge on any atom is -0.480 e. The number of carboxylic acids is 1. The van der Waals surface area contributed by atoms with E-state index in [9.17, 15) is 35.4 Å². The fourth-order valence-electron chi connectivity index (χ4n) is 2.39. The number of rotatable bonds is 13. The molecule has 0 aliphatic heterocycles. The first-order valence-corrected chi connectivity index (χ1v) is 8.18. The van der Waals surface area contributed by atoms with Crippen molar-refractivity contribution in [2.24, 2.45) is 0 Å². The van der Waals surface area contributed by atoms with Crippen LogP contribution in [-0.2, 0) is 4.79 Å². The number of non-ortho nitro benzene ring substituents is 1. The summed E-state index contributed by atoms with van der Waals surface area (Å²) in [6.45, 7) is 3.18. The topological polar surface area (TPSA) is 193 Å². The highest BCUT2D eigenvalue weighted by atomic mass is 16.8. The molecule has 0 aliphatic rings. The Morgan fingerprint density at radius 2 is 1.93 bits per heavy atom. The second-order valence-corrected chi connectivity index (χ2v) is 5.86. The van der Waals surface area contributed by atoms with Crippen LogP contribution >= 0.6 is 0 Å². The zero-order valence-electron chi connectivity index (χ0n) is 14.8. The first-order chi connectivity index (χ1) is 13.1. The molecule has 0 aromatic heterocycles. The molecule has 0 radical (unpaired) electrons. The van der Waals surface area contributed by atoms with E-state index >= 15 is 0 Å². The molecule has 1 rings (SSSR count). The predicted octanol–water partition coefficient (Wildman–Crippen LogP) is 0.305. The average molecular weight is 400 g/mol. The standard InChI is InChI=1S/C15H21N5O8/c1-10(9-18(23)24)17-13(15(21)22)4-2-3-7-16-12-6-5-11(19(25)26)8-14(12)20(27)28/h5-6,8,13,16-17,27-28H,1-4,7,9H2,(H,21,22)/p+1. The number of aliphatic carboxylic acids is 1. The van der Waals surface area contributed by atoms with Crippen LogP contribution in [0.4, 0.5) is 17.1 Å². The maximum absolute atomic E-state index is 11.2. The van der Waals surface area contributed by atoms with Gasteiger partial charge in [0.1, 0.15) is 11.7 Å². The van der Waals surface area contributed by atoms with Crippen molar-refractivity contribution in [1.82, 2.24) is 5.32 Å². The molecule has 1 aromatic carbocycles. The maximum atomic E-state index is 11.2. The highest BCUT2D eigenvalue weighted by Gasteiger charge is 2.20. The van der Waals surface area contributed by atoms with Gasteiger partial charge in [-0.3, -0.25) is 20.2 Å². The van der Waals surface area contributed by atoms with Crippen LogP contribution < -0.4 is 15.9 Å². The van der Waals surface area contributed by atoms with Crippen molar-refractivity contribution < 1.29 is 35.4 Å². The Kier molecular flexibility index (Phi) is 8.74. The third-order valence-corrected chi connectivity index (χ3v) is 3.69. The third kappa shape index (κ3) is 7.53. The SMILES string of the molecule is C=C(C[N+](=O)[O-])NC(CCCCNc1ccc([N+](=O)[O-])cc1[NH+](O)O)C(=O)O. The molecule has 0 amide bonds. The largest absolute Gasteiger partial charge is 0.480 e. The molecule has 13 heteroatoms. The van der Waals surface area contributed by atoms with Gasteiger partial charge in [0.15, 0.2) is 0 Å². The highest BCUT2D eigenvalue weighted by molar-refractivity contribution is 5.73. The summed E-state index contributed by atoms with van der Waals surface area (Å²) in [4.78, 5) is 31.1. The third-order valence-electron chi connectivity index (χ3n) is 3.69. The van der Waals surface area contributed by atoms with Crippen LogP contribution in [0.1, 0.15) is 19.3 Å². The molecular formula is C15H22N5O8+. The summed E-state index contributed by atoms with van der Waals surface area (Å²) in [6, 6.07) is 2.55. The summed E-state index contributed by atoms with van der Waals surface area (Å²) in [5.74, 6) is -1.16. The smallest absolute Gasteiger partial charge is 0.326 e. The Balaban J connectivity index is 2.53. The van der Waals surface area contributed by atoms with E-state index < -0.39 is 33.6 Å². The number of nitro groups is 2. The molecule has 28 heavy (non-hydrogen) atoms. The number of quaternary nitrogens is 1. The van der Waals surface area contributed by atoms with Gasteiger partial charge < -0.3 is 15.7 Å². The van der Waals surface area contributed by atoms with E-state index in [1.54, 1.807) is 0 Å². The summed E-state index contributed by atoms with van der Waals surface area (Å²) in [6.07, 6.45) is 1.13. The molecule has 1 atom stereocenters.